The Morgan fingerprint density at radius 3 is 2.83 bits per heavy atom. The Bertz CT molecular complexity index is 872. The topological polar surface area (TPSA) is 104 Å². The van der Waals surface area contributed by atoms with Crippen LogP contribution in [0.3, 0.4) is 0 Å². The summed E-state index contributed by atoms with van der Waals surface area (Å²) >= 11 is 0. The first-order chi connectivity index (χ1) is 14.1. The molecule has 2 atom stereocenters. The van der Waals surface area contributed by atoms with Crippen molar-refractivity contribution < 1.29 is 19.4 Å². The lowest BCUT2D eigenvalue weighted by Gasteiger charge is -2.11. The third-order valence-corrected chi connectivity index (χ3v) is 4.46. The van der Waals surface area contributed by atoms with Gasteiger partial charge in [-0.3, -0.25) is 4.79 Å². The second-order valence-electron chi connectivity index (χ2n) is 6.53. The van der Waals surface area contributed by atoms with Gasteiger partial charge in [-0.2, -0.15) is 5.10 Å². The highest BCUT2D eigenvalue weighted by atomic mass is 16.5. The largest absolute Gasteiger partial charge is 0.504 e. The summed E-state index contributed by atoms with van der Waals surface area (Å²) in [5.41, 5.74) is 10.5. The fraction of sp³-hybridized carbons (Fsp3) is 0.333. The quantitative estimate of drug-likeness (QED) is 0.402. The van der Waals surface area contributed by atoms with E-state index in [1.165, 1.54) is 12.3 Å². The number of benzene rings is 2. The maximum Gasteiger partial charge on any atom is 0.258 e. The maximum absolute atomic E-state index is 12.4. The van der Waals surface area contributed by atoms with Gasteiger partial charge in [0.05, 0.1) is 19.4 Å². The van der Waals surface area contributed by atoms with Gasteiger partial charge in [0.2, 0.25) is 0 Å². The zero-order valence-corrected chi connectivity index (χ0v) is 16.5. The molecule has 1 heterocycles. The highest BCUT2D eigenvalue weighted by molar-refractivity contribution is 5.85. The predicted molar refractivity (Wildman–Crippen MR) is 110 cm³/mol. The number of hydrazine groups is 1. The van der Waals surface area contributed by atoms with Gasteiger partial charge in [0, 0.05) is 6.04 Å². The van der Waals surface area contributed by atoms with Gasteiger partial charge in [-0.05, 0) is 61.7 Å². The molecule has 1 amide bonds. The van der Waals surface area contributed by atoms with E-state index in [-0.39, 0.29) is 17.7 Å². The summed E-state index contributed by atoms with van der Waals surface area (Å²) in [6, 6.07) is 12.3. The Morgan fingerprint density at radius 2 is 2.03 bits per heavy atom. The smallest absolute Gasteiger partial charge is 0.258 e. The average Bonchev–Trinajstić information content (AvgIpc) is 3.21. The van der Waals surface area contributed by atoms with Crippen molar-refractivity contribution in [1.29, 1.82) is 0 Å². The second-order valence-corrected chi connectivity index (χ2v) is 6.53. The normalized spacial score (nSPS) is 18.7. The van der Waals surface area contributed by atoms with Crippen LogP contribution in [0.5, 0.6) is 17.2 Å². The van der Waals surface area contributed by atoms with Gasteiger partial charge in [0.15, 0.2) is 11.5 Å². The van der Waals surface area contributed by atoms with Gasteiger partial charge >= 0.3 is 0 Å². The molecule has 1 aliphatic rings. The highest BCUT2D eigenvalue weighted by Gasteiger charge is 2.30. The Morgan fingerprint density at radius 1 is 1.21 bits per heavy atom. The SMILES string of the molecule is CCOc1cccc(C2CC(C(=O)N/N=C/c3ccc(O)c(OCC)c3)NN2)c1. The first-order valence-electron chi connectivity index (χ1n) is 9.63. The summed E-state index contributed by atoms with van der Waals surface area (Å²) in [5, 5.41) is 13.7. The van der Waals surface area contributed by atoms with E-state index in [1.807, 2.05) is 38.1 Å². The Hall–Kier alpha value is -3.10. The number of phenolic OH excluding ortho intramolecular Hbond substituents is 1. The number of rotatable bonds is 8. The lowest BCUT2D eigenvalue weighted by Crippen LogP contribution is -2.41. The number of hydrogen-bond acceptors (Lipinski definition) is 7. The number of phenols is 1. The Labute approximate surface area is 169 Å². The third kappa shape index (κ3) is 5.46. The van der Waals surface area contributed by atoms with E-state index < -0.39 is 6.04 Å². The summed E-state index contributed by atoms with van der Waals surface area (Å²) in [5.74, 6) is 1.01. The van der Waals surface area contributed by atoms with Gasteiger partial charge in [-0.1, -0.05) is 12.1 Å². The molecule has 0 aliphatic carbocycles. The summed E-state index contributed by atoms with van der Waals surface area (Å²) in [7, 11) is 0. The van der Waals surface area contributed by atoms with E-state index in [0.717, 1.165) is 11.3 Å². The maximum atomic E-state index is 12.4. The van der Waals surface area contributed by atoms with E-state index in [1.54, 1.807) is 12.1 Å². The molecule has 2 aromatic carbocycles. The molecule has 0 spiro atoms. The number of aromatic hydroxyl groups is 1. The summed E-state index contributed by atoms with van der Waals surface area (Å²) in [4.78, 5) is 12.4. The first kappa shape index (κ1) is 20.6. The number of nitrogens with one attached hydrogen (secondary N) is 3. The molecular formula is C21H26N4O4. The van der Waals surface area contributed by atoms with Crippen molar-refractivity contribution in [3.05, 3.63) is 53.6 Å². The van der Waals surface area contributed by atoms with E-state index >= 15 is 0 Å². The van der Waals surface area contributed by atoms with Gasteiger partial charge in [-0.25, -0.2) is 16.3 Å². The third-order valence-electron chi connectivity index (χ3n) is 4.46. The van der Waals surface area contributed by atoms with Crippen molar-refractivity contribution in [2.75, 3.05) is 13.2 Å². The molecule has 0 bridgehead atoms. The lowest BCUT2D eigenvalue weighted by molar-refractivity contribution is -0.122. The number of ether oxygens (including phenoxy) is 2. The number of carbonyl (C=O) groups is 1. The summed E-state index contributed by atoms with van der Waals surface area (Å²) < 4.78 is 10.9. The molecule has 8 heteroatoms. The number of carbonyl (C=O) groups excluding carboxylic acids is 1. The van der Waals surface area contributed by atoms with Crippen LogP contribution in [-0.4, -0.2) is 36.5 Å². The summed E-state index contributed by atoms with van der Waals surface area (Å²) in [6.45, 7) is 4.83. The Kier molecular flexibility index (Phi) is 7.04. The van der Waals surface area contributed by atoms with Crippen LogP contribution < -0.4 is 25.8 Å². The zero-order chi connectivity index (χ0) is 20.6. The molecule has 2 unspecified atom stereocenters. The monoisotopic (exact) mass is 398 g/mol. The van der Waals surface area contributed by atoms with Crippen LogP contribution in [0.15, 0.2) is 47.6 Å². The molecule has 1 saturated heterocycles. The van der Waals surface area contributed by atoms with Crippen LogP contribution in [0.1, 0.15) is 37.4 Å². The van der Waals surface area contributed by atoms with E-state index in [0.29, 0.717) is 30.9 Å². The molecule has 1 fully saturated rings. The molecule has 0 radical (unpaired) electrons. The first-order valence-corrected chi connectivity index (χ1v) is 9.63. The molecule has 0 aromatic heterocycles. The minimum Gasteiger partial charge on any atom is -0.504 e. The second kappa shape index (κ2) is 9.90. The van der Waals surface area contributed by atoms with Crippen molar-refractivity contribution in [3.8, 4) is 17.2 Å². The van der Waals surface area contributed by atoms with Crippen LogP contribution in [-0.2, 0) is 4.79 Å². The minimum absolute atomic E-state index is 0.000912. The number of amides is 1. The minimum atomic E-state index is -0.410. The molecule has 3 rings (SSSR count). The average molecular weight is 398 g/mol. The van der Waals surface area contributed by atoms with Crippen LogP contribution in [0.25, 0.3) is 0 Å². The molecule has 0 saturated carbocycles. The van der Waals surface area contributed by atoms with Crippen molar-refractivity contribution in [1.82, 2.24) is 16.3 Å². The van der Waals surface area contributed by atoms with Gasteiger partial charge in [0.25, 0.3) is 5.91 Å². The van der Waals surface area contributed by atoms with Crippen molar-refractivity contribution in [2.45, 2.75) is 32.4 Å². The fourth-order valence-corrected chi connectivity index (χ4v) is 3.06. The van der Waals surface area contributed by atoms with Crippen LogP contribution in [0.2, 0.25) is 0 Å². The molecule has 2 aromatic rings. The molecule has 4 N–H and O–H groups in total. The predicted octanol–water partition coefficient (Wildman–Crippen LogP) is 2.25. The molecule has 8 nitrogen and oxygen atoms in total. The fourth-order valence-electron chi connectivity index (χ4n) is 3.06. The van der Waals surface area contributed by atoms with Crippen molar-refractivity contribution in [3.63, 3.8) is 0 Å². The van der Waals surface area contributed by atoms with Gasteiger partial charge in [-0.15, -0.1) is 0 Å². The van der Waals surface area contributed by atoms with E-state index in [4.69, 9.17) is 9.47 Å². The van der Waals surface area contributed by atoms with Crippen molar-refractivity contribution >= 4 is 12.1 Å². The van der Waals surface area contributed by atoms with Gasteiger partial charge in [0.1, 0.15) is 11.8 Å². The molecular weight excluding hydrogens is 372 g/mol. The van der Waals surface area contributed by atoms with Crippen LogP contribution >= 0.6 is 0 Å². The molecule has 154 valence electrons. The van der Waals surface area contributed by atoms with E-state index in [9.17, 15) is 9.90 Å². The Balaban J connectivity index is 1.55. The number of hydrogen-bond donors (Lipinski definition) is 4. The van der Waals surface area contributed by atoms with E-state index in [2.05, 4.69) is 21.4 Å². The summed E-state index contributed by atoms with van der Waals surface area (Å²) in [6.07, 6.45) is 2.09. The lowest BCUT2D eigenvalue weighted by atomic mass is 10.0. The number of nitrogens with zero attached hydrogens (tertiary/aromatic N) is 1. The number of hydrazone groups is 1. The van der Waals surface area contributed by atoms with Gasteiger partial charge < -0.3 is 14.6 Å². The molecule has 1 aliphatic heterocycles. The molecule has 29 heavy (non-hydrogen) atoms. The van der Waals surface area contributed by atoms with Crippen LogP contribution in [0, 0.1) is 0 Å². The standard InChI is InChI=1S/C21H26N4O4/c1-3-28-16-7-5-6-15(11-16)17-12-18(24-23-17)21(27)25-22-13-14-8-9-19(26)20(10-14)29-4-2/h5-11,13,17-18,23-24,26H,3-4,12H2,1-2H3,(H,25,27)/b22-13+. The highest BCUT2D eigenvalue weighted by Crippen LogP contribution is 2.27. The van der Waals surface area contributed by atoms with Crippen LogP contribution in [0.4, 0.5) is 0 Å². The zero-order valence-electron chi connectivity index (χ0n) is 16.5. The van der Waals surface area contributed by atoms with Crippen molar-refractivity contribution in [2.24, 2.45) is 5.10 Å².